The number of carbonyl (C=O) groups excluding carboxylic acids is 1. The molecular formula is C19H16O3. The van der Waals surface area contributed by atoms with Crippen LogP contribution in [0.2, 0.25) is 0 Å². The van der Waals surface area contributed by atoms with Crippen LogP contribution < -0.4 is 4.74 Å². The number of phenols is 1. The summed E-state index contributed by atoms with van der Waals surface area (Å²) in [6.45, 7) is 1.89. The Balaban J connectivity index is 2.20. The maximum atomic E-state index is 11.2. The molecule has 2 aromatic rings. The van der Waals surface area contributed by atoms with Crippen molar-refractivity contribution in [3.05, 3.63) is 77.4 Å². The van der Waals surface area contributed by atoms with E-state index >= 15 is 0 Å². The summed E-state index contributed by atoms with van der Waals surface area (Å²) in [6.07, 6.45) is 3.35. The molecule has 3 nitrogen and oxygen atoms in total. The van der Waals surface area contributed by atoms with Gasteiger partial charge in [-0.15, -0.1) is 0 Å². The molecule has 110 valence electrons. The van der Waals surface area contributed by atoms with Crippen molar-refractivity contribution in [3.63, 3.8) is 0 Å². The molecule has 3 rings (SSSR count). The summed E-state index contributed by atoms with van der Waals surface area (Å²) >= 11 is 0. The second-order valence-electron chi connectivity index (χ2n) is 5.18. The zero-order valence-electron chi connectivity index (χ0n) is 12.2. The first-order chi connectivity index (χ1) is 10.6. The fourth-order valence-corrected chi connectivity index (χ4v) is 2.53. The second kappa shape index (κ2) is 5.90. The Hall–Kier alpha value is -2.81. The molecule has 0 spiro atoms. The fourth-order valence-electron chi connectivity index (χ4n) is 2.53. The van der Waals surface area contributed by atoms with E-state index in [4.69, 9.17) is 4.74 Å². The molecule has 1 N–H and O–H groups in total. The molecule has 0 aromatic heterocycles. The highest BCUT2D eigenvalue weighted by atomic mass is 16.5. The number of carbonyl (C=O) groups is 1. The number of rotatable bonds is 3. The molecule has 0 unspecified atom stereocenters. The van der Waals surface area contributed by atoms with Gasteiger partial charge in [-0.25, -0.2) is 0 Å². The summed E-state index contributed by atoms with van der Waals surface area (Å²) in [5.41, 5.74) is 3.94. The van der Waals surface area contributed by atoms with Crippen LogP contribution >= 0.6 is 0 Å². The number of ether oxygens (including phenoxy) is 1. The third-order valence-electron chi connectivity index (χ3n) is 3.52. The molecule has 2 aromatic carbocycles. The van der Waals surface area contributed by atoms with Gasteiger partial charge in [-0.1, -0.05) is 36.4 Å². The Morgan fingerprint density at radius 3 is 2.68 bits per heavy atom. The number of aromatic hydroxyl groups is 1. The number of hydrogen-bond acceptors (Lipinski definition) is 3. The molecule has 0 saturated carbocycles. The van der Waals surface area contributed by atoms with Crippen molar-refractivity contribution in [2.24, 2.45) is 0 Å². The molecule has 1 aliphatic rings. The van der Waals surface area contributed by atoms with Crippen LogP contribution in [0.3, 0.4) is 0 Å². The van der Waals surface area contributed by atoms with Crippen LogP contribution in [0.15, 0.2) is 66.3 Å². The Morgan fingerprint density at radius 2 is 1.95 bits per heavy atom. The first-order valence-corrected chi connectivity index (χ1v) is 7.08. The topological polar surface area (TPSA) is 46.5 Å². The van der Waals surface area contributed by atoms with Crippen LogP contribution in [0, 0.1) is 0 Å². The van der Waals surface area contributed by atoms with Gasteiger partial charge in [0, 0.05) is 11.6 Å². The average molecular weight is 292 g/mol. The van der Waals surface area contributed by atoms with E-state index in [1.54, 1.807) is 24.3 Å². The van der Waals surface area contributed by atoms with Crippen LogP contribution in [-0.2, 0) is 4.79 Å². The molecule has 0 saturated heterocycles. The molecule has 0 radical (unpaired) electrons. The molecule has 1 aliphatic heterocycles. The largest absolute Gasteiger partial charge is 0.508 e. The summed E-state index contributed by atoms with van der Waals surface area (Å²) in [7, 11) is 0. The van der Waals surface area contributed by atoms with Crippen LogP contribution in [0.4, 0.5) is 0 Å². The maximum absolute atomic E-state index is 11.2. The van der Waals surface area contributed by atoms with E-state index in [0.717, 1.165) is 22.3 Å². The highest BCUT2D eigenvalue weighted by Gasteiger charge is 2.20. The number of benzene rings is 2. The summed E-state index contributed by atoms with van der Waals surface area (Å²) in [5, 5.41) is 9.63. The third kappa shape index (κ3) is 2.79. The SMILES string of the molecule is CC(=O)/C=C\C1=C(c2ccccc2)c2ccc(O)cc2OC1. The Morgan fingerprint density at radius 1 is 1.18 bits per heavy atom. The number of ketones is 1. The van der Waals surface area contributed by atoms with Gasteiger partial charge >= 0.3 is 0 Å². The van der Waals surface area contributed by atoms with Crippen molar-refractivity contribution in [1.29, 1.82) is 0 Å². The average Bonchev–Trinajstić information content (AvgIpc) is 2.53. The molecule has 3 heteroatoms. The van der Waals surface area contributed by atoms with Gasteiger partial charge in [0.15, 0.2) is 5.78 Å². The predicted octanol–water partition coefficient (Wildman–Crippen LogP) is 3.73. The fraction of sp³-hybridized carbons (Fsp3) is 0.105. The monoisotopic (exact) mass is 292 g/mol. The number of allylic oxidation sites excluding steroid dienone is 1. The van der Waals surface area contributed by atoms with Gasteiger partial charge in [-0.3, -0.25) is 4.79 Å². The van der Waals surface area contributed by atoms with Crippen molar-refractivity contribution in [2.75, 3.05) is 6.61 Å². The van der Waals surface area contributed by atoms with Gasteiger partial charge in [-0.2, -0.15) is 0 Å². The van der Waals surface area contributed by atoms with E-state index in [9.17, 15) is 9.90 Å². The van der Waals surface area contributed by atoms with E-state index in [0.29, 0.717) is 12.4 Å². The van der Waals surface area contributed by atoms with E-state index in [1.165, 1.54) is 6.92 Å². The van der Waals surface area contributed by atoms with Crippen molar-refractivity contribution in [3.8, 4) is 11.5 Å². The highest BCUT2D eigenvalue weighted by molar-refractivity contribution is 5.91. The van der Waals surface area contributed by atoms with E-state index in [1.807, 2.05) is 36.4 Å². The second-order valence-corrected chi connectivity index (χ2v) is 5.18. The maximum Gasteiger partial charge on any atom is 0.152 e. The summed E-state index contributed by atoms with van der Waals surface area (Å²) in [5.74, 6) is 0.823. The predicted molar refractivity (Wildman–Crippen MR) is 85.9 cm³/mol. The number of hydrogen-bond donors (Lipinski definition) is 1. The molecule has 22 heavy (non-hydrogen) atoms. The Bertz CT molecular complexity index is 771. The first-order valence-electron chi connectivity index (χ1n) is 7.08. The van der Waals surface area contributed by atoms with E-state index < -0.39 is 0 Å². The zero-order valence-corrected chi connectivity index (χ0v) is 12.2. The van der Waals surface area contributed by atoms with E-state index in [-0.39, 0.29) is 11.5 Å². The van der Waals surface area contributed by atoms with Crippen molar-refractivity contribution < 1.29 is 14.6 Å². The molecule has 0 aliphatic carbocycles. The normalized spacial score (nSPS) is 13.9. The lowest BCUT2D eigenvalue weighted by molar-refractivity contribution is -0.112. The van der Waals surface area contributed by atoms with Crippen molar-refractivity contribution in [1.82, 2.24) is 0 Å². The quantitative estimate of drug-likeness (QED) is 0.877. The minimum atomic E-state index is -0.00332. The van der Waals surface area contributed by atoms with Gasteiger partial charge in [0.25, 0.3) is 0 Å². The van der Waals surface area contributed by atoms with Gasteiger partial charge in [0.1, 0.15) is 18.1 Å². The van der Waals surface area contributed by atoms with Crippen molar-refractivity contribution in [2.45, 2.75) is 6.92 Å². The molecule has 0 bridgehead atoms. The molecular weight excluding hydrogens is 276 g/mol. The third-order valence-corrected chi connectivity index (χ3v) is 3.52. The molecule has 0 atom stereocenters. The van der Waals surface area contributed by atoms with Crippen LogP contribution in [0.5, 0.6) is 11.5 Å². The number of fused-ring (bicyclic) bond motifs is 1. The van der Waals surface area contributed by atoms with Crippen molar-refractivity contribution >= 4 is 11.4 Å². The smallest absolute Gasteiger partial charge is 0.152 e. The van der Waals surface area contributed by atoms with Crippen LogP contribution in [0.1, 0.15) is 18.1 Å². The van der Waals surface area contributed by atoms with Crippen LogP contribution in [-0.4, -0.2) is 17.5 Å². The summed E-state index contributed by atoms with van der Waals surface area (Å²) in [4.78, 5) is 11.2. The minimum Gasteiger partial charge on any atom is -0.508 e. The standard InChI is InChI=1S/C19H16O3/c1-13(20)7-8-15-12-22-18-11-16(21)9-10-17(18)19(15)14-5-3-2-4-6-14/h2-11,21H,12H2,1H3/b8-7-. The lowest BCUT2D eigenvalue weighted by Crippen LogP contribution is -2.11. The first kappa shape index (κ1) is 14.1. The molecule has 0 amide bonds. The summed E-state index contributed by atoms with van der Waals surface area (Å²) < 4.78 is 5.72. The van der Waals surface area contributed by atoms with Gasteiger partial charge in [0.05, 0.1) is 0 Å². The Kier molecular flexibility index (Phi) is 3.79. The molecule has 0 fully saturated rings. The lowest BCUT2D eigenvalue weighted by atomic mass is 9.90. The Labute approximate surface area is 129 Å². The van der Waals surface area contributed by atoms with Crippen LogP contribution in [0.25, 0.3) is 5.57 Å². The van der Waals surface area contributed by atoms with Gasteiger partial charge in [0.2, 0.25) is 0 Å². The summed E-state index contributed by atoms with van der Waals surface area (Å²) in [6, 6.07) is 15.1. The van der Waals surface area contributed by atoms with E-state index in [2.05, 4.69) is 0 Å². The minimum absolute atomic E-state index is 0.00332. The highest BCUT2D eigenvalue weighted by Crippen LogP contribution is 2.39. The number of phenolic OH excluding ortho intramolecular Hbond substituents is 1. The zero-order chi connectivity index (χ0) is 15.5. The van der Waals surface area contributed by atoms with Gasteiger partial charge in [-0.05, 0) is 41.8 Å². The lowest BCUT2D eigenvalue weighted by Gasteiger charge is -2.23. The molecule has 1 heterocycles. The van der Waals surface area contributed by atoms with Gasteiger partial charge < -0.3 is 9.84 Å².